The molecule has 2 heterocycles. The Morgan fingerprint density at radius 3 is 2.61 bits per heavy atom. The van der Waals surface area contributed by atoms with Gasteiger partial charge in [-0.15, -0.1) is 11.6 Å². The summed E-state index contributed by atoms with van der Waals surface area (Å²) in [4.78, 5) is 4.08. The second-order valence-corrected chi connectivity index (χ2v) is 3.18. The van der Waals surface area contributed by atoms with Gasteiger partial charge in [-0.3, -0.25) is 10.1 Å². The highest BCUT2D eigenvalue weighted by atomic mass is 35.5. The summed E-state index contributed by atoms with van der Waals surface area (Å²) >= 11 is 4.64. The number of alkyl halides is 4. The predicted molar refractivity (Wildman–Crippen MR) is 65.1 cm³/mol. The Morgan fingerprint density at radius 2 is 2.00 bits per heavy atom. The lowest BCUT2D eigenvalue weighted by Crippen LogP contribution is -2.04. The molecule has 1 aliphatic heterocycles. The summed E-state index contributed by atoms with van der Waals surface area (Å²) in [6, 6.07) is 0.953. The first-order valence-corrected chi connectivity index (χ1v) is 5.71. The molecule has 0 unspecified atom stereocenters. The summed E-state index contributed by atoms with van der Waals surface area (Å²) in [5, 5.41) is 5.55. The predicted octanol–water partition coefficient (Wildman–Crippen LogP) is 3.20. The molecule has 0 aliphatic carbocycles. The van der Waals surface area contributed by atoms with Crippen LogP contribution in [0, 0.1) is 0 Å². The van der Waals surface area contributed by atoms with Gasteiger partial charge >= 0.3 is 6.18 Å². The smallest absolute Gasteiger partial charge is 0.279 e. The van der Waals surface area contributed by atoms with Crippen molar-refractivity contribution in [2.75, 3.05) is 12.9 Å². The van der Waals surface area contributed by atoms with E-state index in [1.54, 1.807) is 24.3 Å². The average Bonchev–Trinajstić information content (AvgIpc) is 2.69. The van der Waals surface area contributed by atoms with E-state index >= 15 is 0 Å². The molecule has 0 atom stereocenters. The lowest BCUT2D eigenvalue weighted by molar-refractivity contribution is -0.141. The monoisotopic (exact) mass is 277 g/mol. The molecule has 1 N–H and O–H groups in total. The minimum Gasteiger partial charge on any atom is -0.279 e. The molecule has 7 heteroatoms. The van der Waals surface area contributed by atoms with E-state index in [2.05, 4.69) is 21.7 Å². The summed E-state index contributed by atoms with van der Waals surface area (Å²) in [5.41, 5.74) is -0.222. The Bertz CT molecular complexity index is 472. The van der Waals surface area contributed by atoms with Crippen molar-refractivity contribution in [2.24, 2.45) is 4.99 Å². The van der Waals surface area contributed by atoms with Gasteiger partial charge in [0.05, 0.1) is 12.3 Å². The quantitative estimate of drug-likeness (QED) is 0.787. The topological polar surface area (TPSA) is 41.0 Å². The van der Waals surface area contributed by atoms with Crippen LogP contribution in [0.1, 0.15) is 11.4 Å². The maximum Gasteiger partial charge on any atom is 0.432 e. The Morgan fingerprint density at radius 1 is 1.28 bits per heavy atom. The zero-order valence-corrected chi connectivity index (χ0v) is 10.3. The van der Waals surface area contributed by atoms with E-state index in [1.165, 1.54) is 6.38 Å². The first kappa shape index (κ1) is 14.5. The summed E-state index contributed by atoms with van der Waals surface area (Å²) < 4.78 is 36.9. The Balaban J connectivity index is 0.000000771. The number of H-pyrrole nitrogens is 1. The van der Waals surface area contributed by atoms with Gasteiger partial charge < -0.3 is 0 Å². The summed E-state index contributed by atoms with van der Waals surface area (Å²) in [5.74, 6) is 0. The SMILES string of the molecule is CCl.FC(F)(F)c1cc(C2=NCC=CC=C2)n[nH]1. The third-order valence-corrected chi connectivity index (χ3v) is 2.01. The summed E-state index contributed by atoms with van der Waals surface area (Å²) in [6.45, 7) is 0.441. The van der Waals surface area contributed by atoms with Crippen molar-refractivity contribution in [3.05, 3.63) is 41.8 Å². The van der Waals surface area contributed by atoms with Gasteiger partial charge in [0.2, 0.25) is 0 Å². The molecule has 1 aromatic heterocycles. The molecule has 1 aromatic rings. The standard InChI is InChI=1S/C10H8F3N3.CH3Cl/c11-10(12,13)9-6-8(15-16-9)7-4-2-1-3-5-14-7;1-2/h1-4,6H,5H2,(H,15,16);1H3. The molecule has 0 radical (unpaired) electrons. The van der Waals surface area contributed by atoms with Gasteiger partial charge in [0, 0.05) is 6.38 Å². The van der Waals surface area contributed by atoms with Gasteiger partial charge in [0.1, 0.15) is 11.4 Å². The maximum absolute atomic E-state index is 12.3. The fraction of sp³-hybridized carbons (Fsp3) is 0.273. The van der Waals surface area contributed by atoms with Crippen molar-refractivity contribution in [1.29, 1.82) is 0 Å². The molecule has 0 spiro atoms. The van der Waals surface area contributed by atoms with Crippen LogP contribution in [-0.2, 0) is 6.18 Å². The van der Waals surface area contributed by atoms with E-state index in [9.17, 15) is 13.2 Å². The maximum atomic E-state index is 12.3. The minimum absolute atomic E-state index is 0.201. The second kappa shape index (κ2) is 6.39. The number of aliphatic imine (C=N–C) groups is 1. The number of nitrogens with zero attached hydrogens (tertiary/aromatic N) is 2. The molecule has 0 bridgehead atoms. The highest BCUT2D eigenvalue weighted by molar-refractivity contribution is 6.15. The number of aromatic amines is 1. The van der Waals surface area contributed by atoms with E-state index in [1.807, 2.05) is 5.10 Å². The van der Waals surface area contributed by atoms with Crippen LogP contribution in [0.3, 0.4) is 0 Å². The number of rotatable bonds is 1. The molecule has 0 fully saturated rings. The lowest BCUT2D eigenvalue weighted by atomic mass is 10.2. The summed E-state index contributed by atoms with van der Waals surface area (Å²) in [6.07, 6.45) is 4.00. The zero-order chi connectivity index (χ0) is 13.6. The van der Waals surface area contributed by atoms with E-state index in [0.29, 0.717) is 12.3 Å². The largest absolute Gasteiger partial charge is 0.432 e. The molecule has 2 rings (SSSR count). The van der Waals surface area contributed by atoms with Gasteiger partial charge in [-0.25, -0.2) is 0 Å². The van der Waals surface area contributed by atoms with Gasteiger partial charge in [-0.1, -0.05) is 18.2 Å². The number of halogens is 4. The van der Waals surface area contributed by atoms with E-state index in [-0.39, 0.29) is 5.69 Å². The van der Waals surface area contributed by atoms with Crippen LogP contribution < -0.4 is 0 Å². The zero-order valence-electron chi connectivity index (χ0n) is 9.50. The molecular weight excluding hydrogens is 267 g/mol. The van der Waals surface area contributed by atoms with Crippen molar-refractivity contribution >= 4 is 17.3 Å². The second-order valence-electron chi connectivity index (χ2n) is 3.18. The summed E-state index contributed by atoms with van der Waals surface area (Å²) in [7, 11) is 0. The van der Waals surface area contributed by atoms with Crippen molar-refractivity contribution in [2.45, 2.75) is 6.18 Å². The normalized spacial score (nSPS) is 14.6. The Hall–Kier alpha value is -1.56. The third kappa shape index (κ3) is 3.73. The third-order valence-electron chi connectivity index (χ3n) is 2.01. The number of hydrogen-bond donors (Lipinski definition) is 1. The Kier molecular flexibility index (Phi) is 5.15. The van der Waals surface area contributed by atoms with E-state index in [0.717, 1.165) is 6.07 Å². The van der Waals surface area contributed by atoms with Crippen LogP contribution in [-0.4, -0.2) is 28.8 Å². The number of allylic oxidation sites excluding steroid dienone is 3. The van der Waals surface area contributed by atoms with Crippen LogP contribution in [0.15, 0.2) is 35.4 Å². The Labute approximate surface area is 107 Å². The van der Waals surface area contributed by atoms with E-state index < -0.39 is 11.9 Å². The van der Waals surface area contributed by atoms with Crippen molar-refractivity contribution in [1.82, 2.24) is 10.2 Å². The molecule has 0 amide bonds. The highest BCUT2D eigenvalue weighted by Gasteiger charge is 2.33. The van der Waals surface area contributed by atoms with Crippen LogP contribution in [0.5, 0.6) is 0 Å². The molecule has 3 nitrogen and oxygen atoms in total. The fourth-order valence-electron chi connectivity index (χ4n) is 1.25. The first-order chi connectivity index (χ1) is 8.57. The van der Waals surface area contributed by atoms with Gasteiger partial charge in [-0.2, -0.15) is 18.3 Å². The number of nitrogens with one attached hydrogen (secondary N) is 1. The van der Waals surface area contributed by atoms with Crippen molar-refractivity contribution < 1.29 is 13.2 Å². The fourth-order valence-corrected chi connectivity index (χ4v) is 1.25. The molecular formula is C11H11ClF3N3. The molecule has 0 saturated heterocycles. The van der Waals surface area contributed by atoms with Crippen LogP contribution in [0.2, 0.25) is 0 Å². The van der Waals surface area contributed by atoms with Crippen LogP contribution >= 0.6 is 11.6 Å². The van der Waals surface area contributed by atoms with Crippen LogP contribution in [0.25, 0.3) is 0 Å². The van der Waals surface area contributed by atoms with Gasteiger partial charge in [0.25, 0.3) is 0 Å². The minimum atomic E-state index is -4.40. The molecule has 0 aromatic carbocycles. The lowest BCUT2D eigenvalue weighted by Gasteiger charge is -1.99. The molecule has 1 aliphatic rings. The molecule has 18 heavy (non-hydrogen) atoms. The van der Waals surface area contributed by atoms with E-state index in [4.69, 9.17) is 0 Å². The average molecular weight is 278 g/mol. The van der Waals surface area contributed by atoms with Crippen molar-refractivity contribution in [3.8, 4) is 0 Å². The number of aromatic nitrogens is 2. The molecule has 98 valence electrons. The first-order valence-electron chi connectivity index (χ1n) is 4.96. The van der Waals surface area contributed by atoms with Gasteiger partial charge in [0.15, 0.2) is 0 Å². The number of hydrogen-bond acceptors (Lipinski definition) is 2. The molecule has 0 saturated carbocycles. The van der Waals surface area contributed by atoms with Crippen molar-refractivity contribution in [3.63, 3.8) is 0 Å². The highest BCUT2D eigenvalue weighted by Crippen LogP contribution is 2.27. The van der Waals surface area contributed by atoms with Crippen LogP contribution in [0.4, 0.5) is 13.2 Å². The van der Waals surface area contributed by atoms with Gasteiger partial charge in [-0.05, 0) is 12.1 Å².